The maximum Gasteiger partial charge on any atom is 0.338 e. The van der Waals surface area contributed by atoms with Crippen molar-refractivity contribution in [3.05, 3.63) is 41.6 Å². The summed E-state index contributed by atoms with van der Waals surface area (Å²) in [5.41, 5.74) is 1.95. The van der Waals surface area contributed by atoms with E-state index in [0.717, 1.165) is 31.6 Å². The van der Waals surface area contributed by atoms with Crippen LogP contribution in [0.1, 0.15) is 33.1 Å². The average Bonchev–Trinajstić information content (AvgIpc) is 2.74. The number of likely N-dealkylation sites (tertiary alicyclic amines) is 1. The first-order chi connectivity index (χ1) is 14.5. The summed E-state index contributed by atoms with van der Waals surface area (Å²) < 4.78 is 5.22. The van der Waals surface area contributed by atoms with Crippen molar-refractivity contribution in [2.24, 2.45) is 5.92 Å². The van der Waals surface area contributed by atoms with Crippen LogP contribution in [-0.4, -0.2) is 50.2 Å². The number of para-hydroxylation sites is 1. The second-order valence-electron chi connectivity index (χ2n) is 7.73. The van der Waals surface area contributed by atoms with E-state index in [2.05, 4.69) is 16.0 Å². The van der Waals surface area contributed by atoms with Crippen LogP contribution in [-0.2, 0) is 14.3 Å². The fourth-order valence-corrected chi connectivity index (χ4v) is 4.08. The predicted octanol–water partition coefficient (Wildman–Crippen LogP) is 0.829. The molecule has 0 radical (unpaired) electrons. The van der Waals surface area contributed by atoms with E-state index in [0.29, 0.717) is 24.2 Å². The first-order valence-corrected chi connectivity index (χ1v) is 10.7. The van der Waals surface area contributed by atoms with Gasteiger partial charge >= 0.3 is 12.0 Å². The lowest BCUT2D eigenvalue weighted by Crippen LogP contribution is -3.13. The molecule has 3 amide bonds. The number of nitrogens with one attached hydrogen (secondary N) is 4. The Balaban J connectivity index is 1.62. The molecule has 0 spiro atoms. The number of rotatable bonds is 7. The highest BCUT2D eigenvalue weighted by Crippen LogP contribution is 2.17. The number of quaternary nitrogens is 1. The fraction of sp³-hybridized carbons (Fsp3) is 0.500. The van der Waals surface area contributed by atoms with Gasteiger partial charge in [-0.3, -0.25) is 4.79 Å². The van der Waals surface area contributed by atoms with Gasteiger partial charge in [-0.1, -0.05) is 25.1 Å². The zero-order valence-corrected chi connectivity index (χ0v) is 17.6. The van der Waals surface area contributed by atoms with Crippen molar-refractivity contribution in [3.8, 4) is 0 Å². The summed E-state index contributed by atoms with van der Waals surface area (Å²) in [6.45, 7) is 6.11. The molecule has 8 nitrogen and oxygen atoms in total. The number of ether oxygens (including phenoxy) is 1. The van der Waals surface area contributed by atoms with Crippen LogP contribution in [0.25, 0.3) is 0 Å². The number of carbonyl (C=O) groups is 3. The van der Waals surface area contributed by atoms with Crippen molar-refractivity contribution < 1.29 is 24.0 Å². The van der Waals surface area contributed by atoms with Gasteiger partial charge in [0, 0.05) is 24.4 Å². The number of hydrogen-bond donors (Lipinski definition) is 4. The van der Waals surface area contributed by atoms with Crippen molar-refractivity contribution in [1.82, 2.24) is 10.6 Å². The lowest BCUT2D eigenvalue weighted by atomic mass is 9.94. The van der Waals surface area contributed by atoms with Gasteiger partial charge in [-0.2, -0.15) is 0 Å². The van der Waals surface area contributed by atoms with Gasteiger partial charge in [0.05, 0.1) is 37.0 Å². The Hall–Kier alpha value is -2.87. The normalized spacial score (nSPS) is 23.9. The molecule has 0 aliphatic carbocycles. The van der Waals surface area contributed by atoms with Crippen LogP contribution in [0.4, 0.5) is 10.5 Å². The minimum Gasteiger partial charge on any atom is -0.463 e. The molecule has 1 aromatic carbocycles. The molecule has 2 heterocycles. The van der Waals surface area contributed by atoms with Gasteiger partial charge in [0.15, 0.2) is 0 Å². The number of amides is 3. The molecule has 2 aliphatic rings. The van der Waals surface area contributed by atoms with Gasteiger partial charge in [0.25, 0.3) is 0 Å². The molecule has 0 aromatic heterocycles. The molecule has 4 N–H and O–H groups in total. The number of benzene rings is 1. The monoisotopic (exact) mass is 415 g/mol. The summed E-state index contributed by atoms with van der Waals surface area (Å²) in [6, 6.07) is 8.83. The van der Waals surface area contributed by atoms with Gasteiger partial charge in [0.1, 0.15) is 6.54 Å². The molecule has 0 saturated carbocycles. The molecule has 1 saturated heterocycles. The zero-order chi connectivity index (χ0) is 21.5. The largest absolute Gasteiger partial charge is 0.463 e. The molecule has 162 valence electrons. The number of carbonyl (C=O) groups excluding carboxylic acids is 3. The van der Waals surface area contributed by atoms with Crippen molar-refractivity contribution >= 4 is 23.6 Å². The van der Waals surface area contributed by atoms with Crippen LogP contribution in [0.15, 0.2) is 41.6 Å². The number of urea groups is 1. The number of anilines is 1. The maximum absolute atomic E-state index is 12.5. The van der Waals surface area contributed by atoms with Crippen LogP contribution in [0.2, 0.25) is 0 Å². The van der Waals surface area contributed by atoms with Gasteiger partial charge in [-0.15, -0.1) is 0 Å². The molecular weight excluding hydrogens is 384 g/mol. The van der Waals surface area contributed by atoms with Crippen LogP contribution in [0, 0.1) is 5.92 Å². The van der Waals surface area contributed by atoms with Crippen LogP contribution < -0.4 is 20.9 Å². The molecule has 8 heteroatoms. The highest BCUT2D eigenvalue weighted by atomic mass is 16.5. The van der Waals surface area contributed by atoms with E-state index in [1.807, 2.05) is 37.3 Å². The molecular formula is C22H31N4O4+. The zero-order valence-electron chi connectivity index (χ0n) is 17.6. The number of piperidine rings is 1. The highest BCUT2D eigenvalue weighted by Gasteiger charge is 2.35. The fourth-order valence-electron chi connectivity index (χ4n) is 4.08. The van der Waals surface area contributed by atoms with E-state index in [1.165, 1.54) is 4.90 Å². The molecule has 2 aliphatic heterocycles. The smallest absolute Gasteiger partial charge is 0.338 e. The van der Waals surface area contributed by atoms with E-state index in [-0.39, 0.29) is 36.5 Å². The Morgan fingerprint density at radius 3 is 2.50 bits per heavy atom. The second-order valence-corrected chi connectivity index (χ2v) is 7.73. The van der Waals surface area contributed by atoms with E-state index >= 15 is 0 Å². The lowest BCUT2D eigenvalue weighted by molar-refractivity contribution is -0.901. The van der Waals surface area contributed by atoms with Crippen molar-refractivity contribution in [2.75, 3.05) is 31.6 Å². The van der Waals surface area contributed by atoms with Gasteiger partial charge in [0.2, 0.25) is 5.91 Å². The van der Waals surface area contributed by atoms with E-state index < -0.39 is 0 Å². The minimum absolute atomic E-state index is 0.0292. The number of esters is 1. The van der Waals surface area contributed by atoms with Crippen LogP contribution in [0.3, 0.4) is 0 Å². The summed E-state index contributed by atoms with van der Waals surface area (Å²) in [5.74, 6) is -0.366. The summed E-state index contributed by atoms with van der Waals surface area (Å²) in [6.07, 6.45) is 2.14. The maximum atomic E-state index is 12.5. The lowest BCUT2D eigenvalue weighted by Gasteiger charge is -2.32. The van der Waals surface area contributed by atoms with Crippen molar-refractivity contribution in [2.45, 2.75) is 39.2 Å². The Labute approximate surface area is 177 Å². The highest BCUT2D eigenvalue weighted by molar-refractivity contribution is 5.95. The minimum atomic E-state index is -0.386. The van der Waals surface area contributed by atoms with E-state index in [1.54, 1.807) is 6.92 Å². The van der Waals surface area contributed by atoms with Gasteiger partial charge in [-0.25, -0.2) is 9.59 Å². The molecule has 0 unspecified atom stereocenters. The number of hydrogen-bond acceptors (Lipinski definition) is 4. The Kier molecular flexibility index (Phi) is 7.46. The van der Waals surface area contributed by atoms with E-state index in [4.69, 9.17) is 4.74 Å². The molecule has 1 aromatic rings. The second kappa shape index (κ2) is 10.2. The van der Waals surface area contributed by atoms with Crippen LogP contribution >= 0.6 is 0 Å². The molecule has 3 rings (SSSR count). The topological polar surface area (TPSA) is 101 Å². The first kappa shape index (κ1) is 21.8. The summed E-state index contributed by atoms with van der Waals surface area (Å²) >= 11 is 0. The third-order valence-corrected chi connectivity index (χ3v) is 5.68. The predicted molar refractivity (Wildman–Crippen MR) is 113 cm³/mol. The Bertz CT molecular complexity index is 801. The van der Waals surface area contributed by atoms with Gasteiger partial charge < -0.3 is 25.6 Å². The van der Waals surface area contributed by atoms with Crippen molar-refractivity contribution in [1.29, 1.82) is 0 Å². The van der Waals surface area contributed by atoms with E-state index in [9.17, 15) is 14.4 Å². The van der Waals surface area contributed by atoms with Crippen molar-refractivity contribution in [3.63, 3.8) is 0 Å². The quantitative estimate of drug-likeness (QED) is 0.496. The summed E-state index contributed by atoms with van der Waals surface area (Å²) in [5, 5.41) is 8.59. The Morgan fingerprint density at radius 1 is 1.17 bits per heavy atom. The molecule has 1 fully saturated rings. The first-order valence-electron chi connectivity index (χ1n) is 10.7. The summed E-state index contributed by atoms with van der Waals surface area (Å²) in [7, 11) is 0. The third-order valence-electron chi connectivity index (χ3n) is 5.68. The average molecular weight is 416 g/mol. The standard InChI is InChI=1S/C22H30N4O4/c1-3-17-19(21(28)30-4-2)18(25-22(29)24-17)14-26-12-10-15(11-13-26)20(27)23-16-8-6-5-7-9-16/h5-9,15,17H,3-4,10-14H2,1-2H3,(H,23,27)(H2,24,25,29)/p+1/t17-/m0/s1. The SMILES string of the molecule is CCOC(=O)C1=C(C[NH+]2CCC(C(=O)Nc3ccccc3)CC2)NC(=O)N[C@H]1CC. The van der Waals surface area contributed by atoms with Gasteiger partial charge in [-0.05, 0) is 25.5 Å². The Morgan fingerprint density at radius 2 is 1.87 bits per heavy atom. The molecule has 0 bridgehead atoms. The molecule has 30 heavy (non-hydrogen) atoms. The third kappa shape index (κ3) is 5.38. The molecule has 1 atom stereocenters. The van der Waals surface area contributed by atoms with Crippen LogP contribution in [0.5, 0.6) is 0 Å². The summed E-state index contributed by atoms with van der Waals surface area (Å²) in [4.78, 5) is 38.4.